The molecule has 0 aromatic heterocycles. The molecule has 1 saturated heterocycles. The van der Waals surface area contributed by atoms with Gasteiger partial charge in [0.05, 0.1) is 13.2 Å². The van der Waals surface area contributed by atoms with Crippen molar-refractivity contribution < 1.29 is 14.3 Å². The van der Waals surface area contributed by atoms with Crippen LogP contribution < -0.4 is 5.32 Å². The first kappa shape index (κ1) is 11.5. The zero-order valence-electron chi connectivity index (χ0n) is 8.97. The average Bonchev–Trinajstić information content (AvgIpc) is 2.60. The topological polar surface area (TPSA) is 47.6 Å². The van der Waals surface area contributed by atoms with Gasteiger partial charge in [0.25, 0.3) is 0 Å². The maximum absolute atomic E-state index is 11.3. The summed E-state index contributed by atoms with van der Waals surface area (Å²) in [6, 6.07) is 0. The van der Waals surface area contributed by atoms with Crippen LogP contribution >= 0.6 is 0 Å². The Morgan fingerprint density at radius 1 is 1.43 bits per heavy atom. The molecular weight excluding hydrogens is 182 g/mol. The van der Waals surface area contributed by atoms with Crippen molar-refractivity contribution in [3.8, 4) is 0 Å². The fourth-order valence-electron chi connectivity index (χ4n) is 1.39. The SMILES string of the molecule is CCCNC(=O)CCC1(C)OCCO1. The molecule has 0 aliphatic carbocycles. The molecule has 14 heavy (non-hydrogen) atoms. The Labute approximate surface area is 85.0 Å². The Hall–Kier alpha value is -0.610. The van der Waals surface area contributed by atoms with Crippen molar-refractivity contribution in [3.05, 3.63) is 0 Å². The van der Waals surface area contributed by atoms with Crippen molar-refractivity contribution >= 4 is 5.91 Å². The maximum atomic E-state index is 11.3. The molecule has 1 N–H and O–H groups in total. The van der Waals surface area contributed by atoms with E-state index in [9.17, 15) is 4.79 Å². The Morgan fingerprint density at radius 2 is 2.07 bits per heavy atom. The van der Waals surface area contributed by atoms with Crippen LogP contribution in [0.1, 0.15) is 33.1 Å². The van der Waals surface area contributed by atoms with Crippen LogP contribution in [0.4, 0.5) is 0 Å². The molecule has 1 aliphatic heterocycles. The van der Waals surface area contributed by atoms with Gasteiger partial charge in [0, 0.05) is 19.4 Å². The molecule has 0 spiro atoms. The molecule has 1 rings (SSSR count). The van der Waals surface area contributed by atoms with Gasteiger partial charge in [0.1, 0.15) is 0 Å². The third kappa shape index (κ3) is 3.64. The standard InChI is InChI=1S/C10H19NO3/c1-3-6-11-9(12)4-5-10(2)13-7-8-14-10/h3-8H2,1-2H3,(H,11,12). The zero-order valence-corrected chi connectivity index (χ0v) is 8.97. The van der Waals surface area contributed by atoms with Gasteiger partial charge < -0.3 is 14.8 Å². The lowest BCUT2D eigenvalue weighted by Gasteiger charge is -2.21. The highest BCUT2D eigenvalue weighted by Gasteiger charge is 2.30. The number of hydrogen-bond donors (Lipinski definition) is 1. The zero-order chi connectivity index (χ0) is 10.4. The minimum Gasteiger partial charge on any atom is -0.356 e. The first-order valence-corrected chi connectivity index (χ1v) is 5.21. The largest absolute Gasteiger partial charge is 0.356 e. The first-order valence-electron chi connectivity index (χ1n) is 5.21. The third-order valence-electron chi connectivity index (χ3n) is 2.28. The van der Waals surface area contributed by atoms with Gasteiger partial charge in [0.2, 0.25) is 5.91 Å². The highest BCUT2D eigenvalue weighted by atomic mass is 16.7. The molecule has 0 unspecified atom stereocenters. The quantitative estimate of drug-likeness (QED) is 0.723. The van der Waals surface area contributed by atoms with Gasteiger partial charge in [-0.1, -0.05) is 6.92 Å². The van der Waals surface area contributed by atoms with E-state index in [1.807, 2.05) is 13.8 Å². The van der Waals surface area contributed by atoms with Crippen molar-refractivity contribution in [1.29, 1.82) is 0 Å². The fraction of sp³-hybridized carbons (Fsp3) is 0.900. The van der Waals surface area contributed by atoms with Crippen LogP contribution in [0.15, 0.2) is 0 Å². The molecule has 1 heterocycles. The number of carbonyl (C=O) groups is 1. The van der Waals surface area contributed by atoms with Gasteiger partial charge in [-0.15, -0.1) is 0 Å². The number of hydrogen-bond acceptors (Lipinski definition) is 3. The molecule has 4 nitrogen and oxygen atoms in total. The van der Waals surface area contributed by atoms with Crippen LogP contribution in [0, 0.1) is 0 Å². The number of rotatable bonds is 5. The molecule has 82 valence electrons. The van der Waals surface area contributed by atoms with Crippen molar-refractivity contribution in [3.63, 3.8) is 0 Å². The smallest absolute Gasteiger partial charge is 0.220 e. The number of nitrogens with one attached hydrogen (secondary N) is 1. The summed E-state index contributed by atoms with van der Waals surface area (Å²) in [5, 5.41) is 2.82. The summed E-state index contributed by atoms with van der Waals surface area (Å²) in [5.74, 6) is -0.462. The van der Waals surface area contributed by atoms with Crippen molar-refractivity contribution in [1.82, 2.24) is 5.32 Å². The highest BCUT2D eigenvalue weighted by molar-refractivity contribution is 5.75. The monoisotopic (exact) mass is 201 g/mol. The van der Waals surface area contributed by atoms with Crippen molar-refractivity contribution in [2.75, 3.05) is 19.8 Å². The third-order valence-corrected chi connectivity index (χ3v) is 2.28. The van der Waals surface area contributed by atoms with E-state index >= 15 is 0 Å². The summed E-state index contributed by atoms with van der Waals surface area (Å²) >= 11 is 0. The molecule has 1 fully saturated rings. The molecule has 0 bridgehead atoms. The van der Waals surface area contributed by atoms with Crippen LogP contribution in [0.3, 0.4) is 0 Å². The van der Waals surface area contributed by atoms with E-state index in [0.29, 0.717) is 26.1 Å². The van der Waals surface area contributed by atoms with Crippen molar-refractivity contribution in [2.45, 2.75) is 38.9 Å². The normalized spacial score (nSPS) is 19.6. The van der Waals surface area contributed by atoms with Gasteiger partial charge in [-0.2, -0.15) is 0 Å². The number of carbonyl (C=O) groups excluding carboxylic acids is 1. The minimum absolute atomic E-state index is 0.0761. The summed E-state index contributed by atoms with van der Waals surface area (Å²) in [5.41, 5.74) is 0. The number of amides is 1. The lowest BCUT2D eigenvalue weighted by Crippen LogP contribution is -2.30. The molecule has 1 amide bonds. The van der Waals surface area contributed by atoms with Gasteiger partial charge in [-0.05, 0) is 13.3 Å². The molecule has 0 saturated carbocycles. The van der Waals surface area contributed by atoms with Gasteiger partial charge >= 0.3 is 0 Å². The molecule has 4 heteroatoms. The van der Waals surface area contributed by atoms with E-state index in [0.717, 1.165) is 13.0 Å². The second-order valence-electron chi connectivity index (χ2n) is 3.68. The summed E-state index contributed by atoms with van der Waals surface area (Å²) in [4.78, 5) is 11.3. The lowest BCUT2D eigenvalue weighted by atomic mass is 10.1. The van der Waals surface area contributed by atoms with Crippen LogP contribution in [-0.4, -0.2) is 31.5 Å². The van der Waals surface area contributed by atoms with E-state index in [1.54, 1.807) is 0 Å². The van der Waals surface area contributed by atoms with E-state index in [4.69, 9.17) is 9.47 Å². The predicted octanol–water partition coefficient (Wildman–Crippen LogP) is 1.06. The summed E-state index contributed by atoms with van der Waals surface area (Å²) in [6.07, 6.45) is 2.06. The van der Waals surface area contributed by atoms with E-state index < -0.39 is 5.79 Å². The van der Waals surface area contributed by atoms with Crippen LogP contribution in [0.5, 0.6) is 0 Å². The van der Waals surface area contributed by atoms with E-state index in [1.165, 1.54) is 0 Å². The molecular formula is C10H19NO3. The Morgan fingerprint density at radius 3 is 2.64 bits per heavy atom. The average molecular weight is 201 g/mol. The summed E-state index contributed by atoms with van der Waals surface area (Å²) in [7, 11) is 0. The Balaban J connectivity index is 2.15. The second kappa shape index (κ2) is 5.32. The van der Waals surface area contributed by atoms with Gasteiger partial charge in [0.15, 0.2) is 5.79 Å². The van der Waals surface area contributed by atoms with Crippen molar-refractivity contribution in [2.24, 2.45) is 0 Å². The molecule has 0 radical (unpaired) electrons. The van der Waals surface area contributed by atoms with Gasteiger partial charge in [-0.25, -0.2) is 0 Å². The Bertz CT molecular complexity index is 188. The summed E-state index contributed by atoms with van der Waals surface area (Å²) < 4.78 is 10.8. The van der Waals surface area contributed by atoms with Crippen LogP contribution in [0.25, 0.3) is 0 Å². The Kier molecular flexibility index (Phi) is 4.35. The summed E-state index contributed by atoms with van der Waals surface area (Å²) in [6.45, 7) is 5.93. The molecule has 0 aromatic rings. The lowest BCUT2D eigenvalue weighted by molar-refractivity contribution is -0.152. The molecule has 0 atom stereocenters. The second-order valence-corrected chi connectivity index (χ2v) is 3.68. The van der Waals surface area contributed by atoms with Crippen LogP contribution in [0.2, 0.25) is 0 Å². The van der Waals surface area contributed by atoms with E-state index in [2.05, 4.69) is 5.32 Å². The number of ether oxygens (including phenoxy) is 2. The molecule has 0 aromatic carbocycles. The minimum atomic E-state index is -0.538. The molecule has 1 aliphatic rings. The first-order chi connectivity index (χ1) is 6.66. The van der Waals surface area contributed by atoms with Gasteiger partial charge in [-0.3, -0.25) is 4.79 Å². The fourth-order valence-corrected chi connectivity index (χ4v) is 1.39. The van der Waals surface area contributed by atoms with E-state index in [-0.39, 0.29) is 5.91 Å². The predicted molar refractivity (Wildman–Crippen MR) is 52.8 cm³/mol. The van der Waals surface area contributed by atoms with Crippen LogP contribution in [-0.2, 0) is 14.3 Å². The maximum Gasteiger partial charge on any atom is 0.220 e. The highest BCUT2D eigenvalue weighted by Crippen LogP contribution is 2.23.